The molecule has 1 amide bonds. The Morgan fingerprint density at radius 2 is 2.00 bits per heavy atom. The highest BCUT2D eigenvalue weighted by atomic mass is 19.4. The van der Waals surface area contributed by atoms with Crippen molar-refractivity contribution in [2.24, 2.45) is 5.73 Å². The summed E-state index contributed by atoms with van der Waals surface area (Å²) in [5, 5.41) is 2.63. The second-order valence-corrected chi connectivity index (χ2v) is 6.03. The van der Waals surface area contributed by atoms with Gasteiger partial charge in [0.15, 0.2) is 0 Å². The Morgan fingerprint density at radius 3 is 2.48 bits per heavy atom. The van der Waals surface area contributed by atoms with E-state index in [1.807, 2.05) is 0 Å². The fraction of sp³-hybridized carbons (Fsp3) is 0.571. The number of aromatic nitrogens is 1. The van der Waals surface area contributed by atoms with Gasteiger partial charge >= 0.3 is 6.36 Å². The van der Waals surface area contributed by atoms with Gasteiger partial charge in [-0.05, 0) is 31.7 Å². The number of nitrogens with zero attached hydrogens (tertiary/aromatic N) is 1. The summed E-state index contributed by atoms with van der Waals surface area (Å²) in [4.78, 5) is 16.0. The molecule has 3 aliphatic rings. The number of rotatable bonds is 3. The zero-order valence-electron chi connectivity index (χ0n) is 12.2. The second-order valence-electron chi connectivity index (χ2n) is 6.03. The Hall–Kier alpha value is -1.87. The Kier molecular flexibility index (Phi) is 3.72. The summed E-state index contributed by atoms with van der Waals surface area (Å²) in [6.07, 6.45) is -1.23. The van der Waals surface area contributed by atoms with Gasteiger partial charge in [-0.15, -0.1) is 13.2 Å². The van der Waals surface area contributed by atoms with Gasteiger partial charge in [0.25, 0.3) is 5.91 Å². The van der Waals surface area contributed by atoms with Crippen LogP contribution in [-0.4, -0.2) is 35.0 Å². The molecular weight excluding hydrogens is 315 g/mol. The van der Waals surface area contributed by atoms with Gasteiger partial charge in [0, 0.05) is 11.6 Å². The molecule has 3 fully saturated rings. The monoisotopic (exact) mass is 331 g/mol. The van der Waals surface area contributed by atoms with Crippen molar-refractivity contribution in [3.63, 3.8) is 0 Å². The van der Waals surface area contributed by atoms with E-state index < -0.39 is 17.8 Å². The van der Waals surface area contributed by atoms with Crippen molar-refractivity contribution >= 4 is 11.6 Å². The van der Waals surface area contributed by atoms with E-state index >= 15 is 0 Å². The van der Waals surface area contributed by atoms with Gasteiger partial charge in [-0.1, -0.05) is 0 Å². The number of alkyl halides is 3. The van der Waals surface area contributed by atoms with Crippen molar-refractivity contribution in [2.75, 3.05) is 11.9 Å². The maximum atomic E-state index is 12.4. The van der Waals surface area contributed by atoms with Crippen LogP contribution in [0.3, 0.4) is 0 Å². The van der Waals surface area contributed by atoms with Crippen LogP contribution in [0.5, 0.6) is 5.88 Å². The van der Waals surface area contributed by atoms with E-state index in [2.05, 4.69) is 15.0 Å². The number of hydrogen-bond acceptors (Lipinski definition) is 5. The summed E-state index contributed by atoms with van der Waals surface area (Å²) in [7, 11) is 0. The molecule has 0 unspecified atom stereocenters. The maximum absolute atomic E-state index is 12.4. The van der Waals surface area contributed by atoms with Crippen LogP contribution in [0.1, 0.15) is 25.7 Å². The number of nitrogens with one attached hydrogen (secondary N) is 1. The zero-order valence-corrected chi connectivity index (χ0v) is 12.2. The van der Waals surface area contributed by atoms with Crippen molar-refractivity contribution in [2.45, 2.75) is 43.2 Å². The quantitative estimate of drug-likeness (QED) is 0.884. The SMILES string of the molecule is NC12CCC(C(=O)Nc3ccc(OC(F)(F)F)nc3)(CC1)OC2. The van der Waals surface area contributed by atoms with E-state index in [1.54, 1.807) is 0 Å². The number of halogens is 3. The number of amides is 1. The first-order valence-electron chi connectivity index (χ1n) is 7.16. The first-order valence-corrected chi connectivity index (χ1v) is 7.16. The highest BCUT2D eigenvalue weighted by Crippen LogP contribution is 2.42. The van der Waals surface area contributed by atoms with E-state index in [1.165, 1.54) is 6.07 Å². The normalized spacial score (nSPS) is 30.1. The second kappa shape index (κ2) is 5.34. The minimum absolute atomic E-state index is 0.276. The fourth-order valence-electron chi connectivity index (χ4n) is 2.89. The third-order valence-electron chi connectivity index (χ3n) is 4.32. The molecule has 0 atom stereocenters. The van der Waals surface area contributed by atoms with E-state index in [4.69, 9.17) is 10.5 Å². The highest BCUT2D eigenvalue weighted by molar-refractivity contribution is 5.97. The number of pyridine rings is 1. The molecule has 0 spiro atoms. The van der Waals surface area contributed by atoms with E-state index in [-0.39, 0.29) is 17.1 Å². The molecule has 23 heavy (non-hydrogen) atoms. The largest absolute Gasteiger partial charge is 0.574 e. The van der Waals surface area contributed by atoms with E-state index in [9.17, 15) is 18.0 Å². The summed E-state index contributed by atoms with van der Waals surface area (Å²) in [6, 6.07) is 2.33. The van der Waals surface area contributed by atoms with Crippen molar-refractivity contribution < 1.29 is 27.4 Å². The van der Waals surface area contributed by atoms with Crippen LogP contribution in [-0.2, 0) is 9.53 Å². The minimum Gasteiger partial charge on any atom is -0.388 e. The summed E-state index contributed by atoms with van der Waals surface area (Å²) in [5.74, 6) is -0.918. The minimum atomic E-state index is -4.80. The lowest BCUT2D eigenvalue weighted by atomic mass is 9.71. The molecule has 9 heteroatoms. The van der Waals surface area contributed by atoms with E-state index in [0.29, 0.717) is 32.3 Å². The number of nitrogens with two attached hydrogens (primary N) is 1. The smallest absolute Gasteiger partial charge is 0.388 e. The average molecular weight is 331 g/mol. The predicted molar refractivity (Wildman–Crippen MR) is 73.6 cm³/mol. The Morgan fingerprint density at radius 1 is 1.30 bits per heavy atom. The van der Waals surface area contributed by atoms with Crippen LogP contribution in [0.4, 0.5) is 18.9 Å². The first kappa shape index (κ1) is 16.0. The lowest BCUT2D eigenvalue weighted by molar-refractivity contribution is -0.276. The molecule has 126 valence electrons. The summed E-state index contributed by atoms with van der Waals surface area (Å²) in [5.41, 5.74) is 5.12. The lowest BCUT2D eigenvalue weighted by Crippen LogP contribution is -2.63. The fourth-order valence-corrected chi connectivity index (χ4v) is 2.89. The van der Waals surface area contributed by atoms with Crippen LogP contribution >= 0.6 is 0 Å². The van der Waals surface area contributed by atoms with Crippen LogP contribution < -0.4 is 15.8 Å². The molecule has 1 aromatic rings. The van der Waals surface area contributed by atoms with E-state index in [0.717, 1.165) is 12.3 Å². The van der Waals surface area contributed by atoms with Gasteiger partial charge in [-0.2, -0.15) is 0 Å². The molecule has 6 nitrogen and oxygen atoms in total. The van der Waals surface area contributed by atoms with Crippen molar-refractivity contribution in [1.29, 1.82) is 0 Å². The number of anilines is 1. The number of ether oxygens (including phenoxy) is 2. The van der Waals surface area contributed by atoms with Crippen molar-refractivity contribution in [3.05, 3.63) is 18.3 Å². The van der Waals surface area contributed by atoms with Gasteiger partial charge in [0.1, 0.15) is 5.60 Å². The molecule has 2 aliphatic heterocycles. The van der Waals surface area contributed by atoms with Crippen LogP contribution in [0.15, 0.2) is 18.3 Å². The summed E-state index contributed by atoms with van der Waals surface area (Å²) < 4.78 is 45.5. The van der Waals surface area contributed by atoms with Gasteiger partial charge in [-0.25, -0.2) is 4.98 Å². The average Bonchev–Trinajstić information content (AvgIpc) is 2.49. The van der Waals surface area contributed by atoms with Gasteiger partial charge in [-0.3, -0.25) is 4.79 Å². The highest BCUT2D eigenvalue weighted by Gasteiger charge is 2.52. The number of carbonyl (C=O) groups is 1. The zero-order chi connectivity index (χ0) is 16.7. The summed E-state index contributed by atoms with van der Waals surface area (Å²) in [6.45, 7) is 0.330. The van der Waals surface area contributed by atoms with Crippen LogP contribution in [0.2, 0.25) is 0 Å². The third-order valence-corrected chi connectivity index (χ3v) is 4.32. The Labute approximate surface area is 130 Å². The molecular formula is C14H16F3N3O3. The number of hydrogen-bond donors (Lipinski definition) is 2. The number of carbonyl (C=O) groups excluding carboxylic acids is 1. The van der Waals surface area contributed by atoms with Gasteiger partial charge in [0.05, 0.1) is 18.5 Å². The number of fused-ring (bicyclic) bond motifs is 3. The molecule has 0 aromatic carbocycles. The molecule has 1 aliphatic carbocycles. The van der Waals surface area contributed by atoms with Crippen molar-refractivity contribution in [1.82, 2.24) is 4.98 Å². The molecule has 1 aromatic heterocycles. The topological polar surface area (TPSA) is 86.5 Å². The Bertz CT molecular complexity index is 579. The van der Waals surface area contributed by atoms with Gasteiger partial charge in [0.2, 0.25) is 5.88 Å². The van der Waals surface area contributed by atoms with Crippen LogP contribution in [0.25, 0.3) is 0 Å². The molecule has 2 saturated heterocycles. The lowest BCUT2D eigenvalue weighted by Gasteiger charge is -2.50. The summed E-state index contributed by atoms with van der Waals surface area (Å²) >= 11 is 0. The molecule has 3 heterocycles. The standard InChI is InChI=1S/C14H16F3N3O3/c15-14(16,17)23-10-2-1-9(7-19-10)20-11(21)13-5-3-12(18,4-6-13)8-22-13/h1-2,7H,3-6,8,18H2,(H,20,21). The van der Waals surface area contributed by atoms with Crippen LogP contribution in [0, 0.1) is 0 Å². The molecule has 2 bridgehead atoms. The molecule has 1 saturated carbocycles. The third kappa shape index (κ3) is 3.40. The van der Waals surface area contributed by atoms with Gasteiger partial charge < -0.3 is 20.5 Å². The molecule has 3 N–H and O–H groups in total. The van der Waals surface area contributed by atoms with Crippen molar-refractivity contribution in [3.8, 4) is 5.88 Å². The Balaban J connectivity index is 1.64. The predicted octanol–water partition coefficient (Wildman–Crippen LogP) is 1.96. The molecule has 4 rings (SSSR count). The maximum Gasteiger partial charge on any atom is 0.574 e. The first-order chi connectivity index (χ1) is 10.7. The molecule has 0 radical (unpaired) electrons.